The number of carbonyl (C=O) groups is 1. The van der Waals surface area contributed by atoms with Crippen LogP contribution in [0.25, 0.3) is 0 Å². The maximum atomic E-state index is 10.3. The third-order valence-electron chi connectivity index (χ3n) is 2.44. The van der Waals surface area contributed by atoms with Gasteiger partial charge in [0.1, 0.15) is 0 Å². The molecule has 4 heteroatoms. The number of carboxylic acid groups (broad SMARTS) is 1. The molecular formula is C8H16N2O2. The fraction of sp³-hybridized carbons (Fsp3) is 0.875. The maximum Gasteiger partial charge on any atom is 0.404 e. The van der Waals surface area contributed by atoms with E-state index < -0.39 is 6.09 Å². The van der Waals surface area contributed by atoms with Gasteiger partial charge in [0.05, 0.1) is 0 Å². The highest BCUT2D eigenvalue weighted by molar-refractivity contribution is 5.64. The second-order valence-corrected chi connectivity index (χ2v) is 3.33. The average Bonchev–Trinajstić information content (AvgIpc) is 2.05. The van der Waals surface area contributed by atoms with Gasteiger partial charge in [0.15, 0.2) is 0 Å². The molecule has 3 N–H and O–H groups in total. The highest BCUT2D eigenvalue weighted by atomic mass is 16.4. The molecule has 1 saturated heterocycles. The second kappa shape index (κ2) is 4.30. The Morgan fingerprint density at radius 2 is 2.17 bits per heavy atom. The van der Waals surface area contributed by atoms with Gasteiger partial charge in [-0.1, -0.05) is 0 Å². The van der Waals surface area contributed by atoms with Gasteiger partial charge in [-0.05, 0) is 38.8 Å². The lowest BCUT2D eigenvalue weighted by Crippen LogP contribution is -2.42. The van der Waals surface area contributed by atoms with Crippen LogP contribution in [0, 0.1) is 5.92 Å². The van der Waals surface area contributed by atoms with E-state index in [1.165, 1.54) is 0 Å². The predicted octanol–water partition coefficient (Wildman–Crippen LogP) is 0.642. The van der Waals surface area contributed by atoms with Crippen molar-refractivity contribution < 1.29 is 9.90 Å². The van der Waals surface area contributed by atoms with E-state index in [0.717, 1.165) is 25.9 Å². The Kier molecular flexibility index (Phi) is 3.34. The molecule has 1 amide bonds. The Morgan fingerprint density at radius 1 is 1.58 bits per heavy atom. The van der Waals surface area contributed by atoms with Gasteiger partial charge in [0, 0.05) is 6.04 Å². The molecule has 0 aromatic heterocycles. The normalized spacial score (nSPS) is 21.8. The fourth-order valence-electron chi connectivity index (χ4n) is 1.66. The van der Waals surface area contributed by atoms with Crippen LogP contribution in [0.3, 0.4) is 0 Å². The molecule has 0 unspecified atom stereocenters. The molecule has 1 fully saturated rings. The third-order valence-corrected chi connectivity index (χ3v) is 2.44. The molecule has 0 saturated carbocycles. The minimum absolute atomic E-state index is 0.0876. The lowest BCUT2D eigenvalue weighted by Gasteiger charge is -2.27. The molecule has 1 heterocycles. The van der Waals surface area contributed by atoms with Gasteiger partial charge in [0.2, 0.25) is 0 Å². The maximum absolute atomic E-state index is 10.3. The average molecular weight is 172 g/mol. The van der Waals surface area contributed by atoms with E-state index in [4.69, 9.17) is 5.11 Å². The van der Waals surface area contributed by atoms with E-state index in [-0.39, 0.29) is 6.04 Å². The van der Waals surface area contributed by atoms with Crippen molar-refractivity contribution in [1.82, 2.24) is 10.6 Å². The van der Waals surface area contributed by atoms with Crippen molar-refractivity contribution >= 4 is 6.09 Å². The molecular weight excluding hydrogens is 156 g/mol. The molecule has 0 radical (unpaired) electrons. The molecule has 12 heavy (non-hydrogen) atoms. The smallest absolute Gasteiger partial charge is 0.404 e. The summed E-state index contributed by atoms with van der Waals surface area (Å²) < 4.78 is 0. The number of amides is 1. The summed E-state index contributed by atoms with van der Waals surface area (Å²) in [6.45, 7) is 3.96. The third kappa shape index (κ3) is 2.70. The highest BCUT2D eigenvalue weighted by Gasteiger charge is 2.20. The van der Waals surface area contributed by atoms with Crippen LogP contribution in [-0.2, 0) is 0 Å². The summed E-state index contributed by atoms with van der Waals surface area (Å²) >= 11 is 0. The number of rotatable bonds is 2. The molecule has 0 aliphatic carbocycles. The fourth-order valence-corrected chi connectivity index (χ4v) is 1.66. The summed E-state index contributed by atoms with van der Waals surface area (Å²) in [5.74, 6) is 0.502. The van der Waals surface area contributed by atoms with Crippen molar-refractivity contribution in [2.45, 2.75) is 25.8 Å². The van der Waals surface area contributed by atoms with E-state index in [9.17, 15) is 4.79 Å². The van der Waals surface area contributed by atoms with E-state index in [0.29, 0.717) is 5.92 Å². The Bertz CT molecular complexity index is 155. The van der Waals surface area contributed by atoms with Crippen LogP contribution in [0.2, 0.25) is 0 Å². The largest absolute Gasteiger partial charge is 0.465 e. The molecule has 1 aliphatic heterocycles. The van der Waals surface area contributed by atoms with Gasteiger partial charge in [-0.25, -0.2) is 4.79 Å². The molecule has 4 nitrogen and oxygen atoms in total. The number of hydrogen-bond acceptors (Lipinski definition) is 2. The van der Waals surface area contributed by atoms with Crippen LogP contribution in [0.15, 0.2) is 0 Å². The first-order valence-corrected chi connectivity index (χ1v) is 4.40. The van der Waals surface area contributed by atoms with Gasteiger partial charge in [0.25, 0.3) is 0 Å². The van der Waals surface area contributed by atoms with Gasteiger partial charge in [-0.2, -0.15) is 0 Å². The van der Waals surface area contributed by atoms with E-state index in [1.807, 2.05) is 6.92 Å². The zero-order chi connectivity index (χ0) is 8.97. The van der Waals surface area contributed by atoms with Gasteiger partial charge in [-0.3, -0.25) is 0 Å². The summed E-state index contributed by atoms with van der Waals surface area (Å²) in [6.07, 6.45) is 1.23. The summed E-state index contributed by atoms with van der Waals surface area (Å²) in [6, 6.07) is 0.0876. The van der Waals surface area contributed by atoms with E-state index in [2.05, 4.69) is 10.6 Å². The molecule has 0 aromatic carbocycles. The molecule has 1 atom stereocenters. The Hall–Kier alpha value is -0.770. The monoisotopic (exact) mass is 172 g/mol. The first-order valence-electron chi connectivity index (χ1n) is 4.40. The van der Waals surface area contributed by atoms with Crippen LogP contribution >= 0.6 is 0 Å². The second-order valence-electron chi connectivity index (χ2n) is 3.33. The topological polar surface area (TPSA) is 61.4 Å². The minimum Gasteiger partial charge on any atom is -0.465 e. The number of piperidine rings is 1. The summed E-state index contributed by atoms with van der Waals surface area (Å²) in [5.41, 5.74) is 0. The van der Waals surface area contributed by atoms with Crippen molar-refractivity contribution in [2.75, 3.05) is 13.1 Å². The van der Waals surface area contributed by atoms with Crippen LogP contribution in [-0.4, -0.2) is 30.3 Å². The van der Waals surface area contributed by atoms with Crippen molar-refractivity contribution in [3.63, 3.8) is 0 Å². The van der Waals surface area contributed by atoms with Crippen molar-refractivity contribution in [1.29, 1.82) is 0 Å². The quantitative estimate of drug-likeness (QED) is 0.573. The molecule has 0 bridgehead atoms. The van der Waals surface area contributed by atoms with E-state index in [1.54, 1.807) is 0 Å². The van der Waals surface area contributed by atoms with Gasteiger partial charge in [-0.15, -0.1) is 0 Å². The summed E-state index contributed by atoms with van der Waals surface area (Å²) in [4.78, 5) is 10.3. The lowest BCUT2D eigenvalue weighted by molar-refractivity contribution is 0.182. The van der Waals surface area contributed by atoms with Crippen LogP contribution in [0.1, 0.15) is 19.8 Å². The predicted molar refractivity (Wildman–Crippen MR) is 46.2 cm³/mol. The Labute approximate surface area is 72.3 Å². The summed E-state index contributed by atoms with van der Waals surface area (Å²) in [5, 5.41) is 14.2. The number of hydrogen-bond donors (Lipinski definition) is 3. The van der Waals surface area contributed by atoms with Crippen LogP contribution < -0.4 is 10.6 Å². The first kappa shape index (κ1) is 9.32. The molecule has 70 valence electrons. The highest BCUT2D eigenvalue weighted by Crippen LogP contribution is 2.15. The zero-order valence-electron chi connectivity index (χ0n) is 7.34. The molecule has 1 aliphatic rings. The molecule has 1 rings (SSSR count). The lowest BCUT2D eigenvalue weighted by atomic mass is 9.91. The number of nitrogens with one attached hydrogen (secondary N) is 2. The first-order chi connectivity index (χ1) is 5.70. The van der Waals surface area contributed by atoms with E-state index >= 15 is 0 Å². The van der Waals surface area contributed by atoms with Crippen molar-refractivity contribution in [3.05, 3.63) is 0 Å². The van der Waals surface area contributed by atoms with Crippen LogP contribution in [0.5, 0.6) is 0 Å². The summed E-state index contributed by atoms with van der Waals surface area (Å²) in [7, 11) is 0. The Morgan fingerprint density at radius 3 is 2.67 bits per heavy atom. The zero-order valence-corrected chi connectivity index (χ0v) is 7.34. The Balaban J connectivity index is 2.29. The van der Waals surface area contributed by atoms with Crippen molar-refractivity contribution in [2.24, 2.45) is 5.92 Å². The van der Waals surface area contributed by atoms with Gasteiger partial charge < -0.3 is 15.7 Å². The molecule has 0 spiro atoms. The SMILES string of the molecule is C[C@H](NC(=O)O)C1CCNCC1. The minimum atomic E-state index is -0.916. The van der Waals surface area contributed by atoms with Crippen molar-refractivity contribution in [3.8, 4) is 0 Å². The van der Waals surface area contributed by atoms with Gasteiger partial charge >= 0.3 is 6.09 Å². The van der Waals surface area contributed by atoms with Crippen LogP contribution in [0.4, 0.5) is 4.79 Å². The molecule has 0 aromatic rings. The standard InChI is InChI=1S/C8H16N2O2/c1-6(10-8(11)12)7-2-4-9-5-3-7/h6-7,9-10H,2-5H2,1H3,(H,11,12)/t6-/m0/s1.